The summed E-state index contributed by atoms with van der Waals surface area (Å²) >= 11 is 0. The number of ether oxygens (including phenoxy) is 1. The van der Waals surface area contributed by atoms with Gasteiger partial charge in [0.1, 0.15) is 5.75 Å². The normalized spacial score (nSPS) is 16.8. The van der Waals surface area contributed by atoms with Crippen LogP contribution in [0.4, 0.5) is 0 Å². The van der Waals surface area contributed by atoms with Gasteiger partial charge in [0.25, 0.3) is 0 Å². The minimum absolute atomic E-state index is 0. The van der Waals surface area contributed by atoms with Crippen LogP contribution in [0.15, 0.2) is 35.3 Å². The molecule has 29 heavy (non-hydrogen) atoms. The van der Waals surface area contributed by atoms with Gasteiger partial charge in [0.15, 0.2) is 5.96 Å². The van der Waals surface area contributed by atoms with Crippen LogP contribution in [0.2, 0.25) is 0 Å². The van der Waals surface area contributed by atoms with Crippen LogP contribution in [-0.4, -0.2) is 81.6 Å². The van der Waals surface area contributed by atoms with Crippen molar-refractivity contribution in [3.05, 3.63) is 30.3 Å². The SMILES string of the molecule is CN=C(NCCCOc1ccccc1)NCCCN1CCCC1C(=O)N(C)C.I. The third-order valence-electron chi connectivity index (χ3n) is 4.85. The molecule has 164 valence electrons. The number of hydrogen-bond acceptors (Lipinski definition) is 4. The molecule has 1 unspecified atom stereocenters. The second kappa shape index (κ2) is 14.4. The van der Waals surface area contributed by atoms with E-state index >= 15 is 0 Å². The Morgan fingerprint density at radius 1 is 1.21 bits per heavy atom. The largest absolute Gasteiger partial charge is 0.494 e. The standard InChI is InChI=1S/C21H35N5O2.HI/c1-22-21(24-14-9-17-28-18-10-5-4-6-11-18)23-13-8-16-26-15-7-12-19(26)20(27)25(2)3;/h4-6,10-11,19H,7-9,12-17H2,1-3H3,(H2,22,23,24);1H. The summed E-state index contributed by atoms with van der Waals surface area (Å²) in [6.45, 7) is 4.25. The van der Waals surface area contributed by atoms with E-state index in [0.717, 1.165) is 63.6 Å². The van der Waals surface area contributed by atoms with Gasteiger partial charge in [-0.2, -0.15) is 0 Å². The highest BCUT2D eigenvalue weighted by atomic mass is 127. The highest BCUT2D eigenvalue weighted by Gasteiger charge is 2.30. The quantitative estimate of drug-likeness (QED) is 0.216. The van der Waals surface area contributed by atoms with Crippen molar-refractivity contribution in [1.82, 2.24) is 20.4 Å². The van der Waals surface area contributed by atoms with Crippen LogP contribution >= 0.6 is 24.0 Å². The Morgan fingerprint density at radius 3 is 2.55 bits per heavy atom. The summed E-state index contributed by atoms with van der Waals surface area (Å²) in [7, 11) is 5.45. The van der Waals surface area contributed by atoms with Gasteiger partial charge in [-0.15, -0.1) is 24.0 Å². The number of halogens is 1. The van der Waals surface area contributed by atoms with Gasteiger partial charge >= 0.3 is 0 Å². The van der Waals surface area contributed by atoms with Crippen molar-refractivity contribution in [2.45, 2.75) is 31.7 Å². The van der Waals surface area contributed by atoms with Crippen molar-refractivity contribution in [2.75, 3.05) is 53.9 Å². The third-order valence-corrected chi connectivity index (χ3v) is 4.85. The lowest BCUT2D eigenvalue weighted by atomic mass is 10.2. The molecule has 1 atom stereocenters. The molecule has 1 aliphatic heterocycles. The topological polar surface area (TPSA) is 69.2 Å². The van der Waals surface area contributed by atoms with Crippen molar-refractivity contribution in [3.63, 3.8) is 0 Å². The minimum atomic E-state index is 0. The van der Waals surface area contributed by atoms with Gasteiger partial charge in [0.2, 0.25) is 5.91 Å². The fourth-order valence-electron chi connectivity index (χ4n) is 3.37. The van der Waals surface area contributed by atoms with Crippen LogP contribution in [0, 0.1) is 0 Å². The van der Waals surface area contributed by atoms with Gasteiger partial charge in [-0.05, 0) is 44.4 Å². The molecule has 1 heterocycles. The number of likely N-dealkylation sites (tertiary alicyclic amines) is 1. The first kappa shape index (κ1) is 25.5. The van der Waals surface area contributed by atoms with E-state index in [1.54, 1.807) is 11.9 Å². The van der Waals surface area contributed by atoms with Crippen molar-refractivity contribution >= 4 is 35.8 Å². The molecule has 1 aromatic carbocycles. The van der Waals surface area contributed by atoms with Crippen LogP contribution in [0.5, 0.6) is 5.75 Å². The second-order valence-electron chi connectivity index (χ2n) is 7.22. The monoisotopic (exact) mass is 517 g/mol. The molecule has 1 amide bonds. The Labute approximate surface area is 192 Å². The lowest BCUT2D eigenvalue weighted by Crippen LogP contribution is -2.44. The van der Waals surface area contributed by atoms with E-state index in [1.165, 1.54) is 0 Å². The number of guanidine groups is 1. The number of likely N-dealkylation sites (N-methyl/N-ethyl adjacent to an activating group) is 1. The zero-order valence-electron chi connectivity index (χ0n) is 17.9. The molecule has 8 heteroatoms. The van der Waals surface area contributed by atoms with E-state index in [9.17, 15) is 4.79 Å². The number of carbonyl (C=O) groups is 1. The Kier molecular flexibility index (Phi) is 12.7. The minimum Gasteiger partial charge on any atom is -0.494 e. The molecule has 1 saturated heterocycles. The predicted molar refractivity (Wildman–Crippen MR) is 129 cm³/mol. The van der Waals surface area contributed by atoms with Crippen LogP contribution in [0.25, 0.3) is 0 Å². The number of carbonyl (C=O) groups excluding carboxylic acids is 1. The van der Waals surface area contributed by atoms with Gasteiger partial charge in [-0.1, -0.05) is 18.2 Å². The first-order valence-electron chi connectivity index (χ1n) is 10.2. The molecule has 2 rings (SSSR count). The van der Waals surface area contributed by atoms with E-state index in [1.807, 2.05) is 44.4 Å². The number of nitrogens with zero attached hydrogens (tertiary/aromatic N) is 3. The number of nitrogens with one attached hydrogen (secondary N) is 2. The Balaban J connectivity index is 0.00000420. The average Bonchev–Trinajstić information content (AvgIpc) is 3.17. The number of amides is 1. The van der Waals surface area contributed by atoms with Crippen LogP contribution in [0.3, 0.4) is 0 Å². The highest BCUT2D eigenvalue weighted by molar-refractivity contribution is 14.0. The van der Waals surface area contributed by atoms with Crippen LogP contribution in [-0.2, 0) is 4.79 Å². The maximum Gasteiger partial charge on any atom is 0.239 e. The van der Waals surface area contributed by atoms with Gasteiger partial charge in [0, 0.05) is 40.8 Å². The Morgan fingerprint density at radius 2 is 1.90 bits per heavy atom. The summed E-state index contributed by atoms with van der Waals surface area (Å²) in [5.41, 5.74) is 0. The molecule has 7 nitrogen and oxygen atoms in total. The number of rotatable bonds is 10. The van der Waals surface area contributed by atoms with E-state index in [4.69, 9.17) is 4.74 Å². The molecule has 1 aliphatic rings. The average molecular weight is 517 g/mol. The summed E-state index contributed by atoms with van der Waals surface area (Å²) in [6.07, 6.45) is 3.96. The summed E-state index contributed by atoms with van der Waals surface area (Å²) < 4.78 is 5.69. The van der Waals surface area contributed by atoms with Gasteiger partial charge in [0.05, 0.1) is 12.6 Å². The summed E-state index contributed by atoms with van der Waals surface area (Å²) in [4.78, 5) is 20.5. The van der Waals surface area contributed by atoms with Crippen molar-refractivity contribution in [2.24, 2.45) is 4.99 Å². The van der Waals surface area contributed by atoms with Gasteiger partial charge in [-0.3, -0.25) is 14.7 Å². The van der Waals surface area contributed by atoms with E-state index in [-0.39, 0.29) is 35.9 Å². The van der Waals surface area contributed by atoms with E-state index in [2.05, 4.69) is 20.5 Å². The molecule has 1 aromatic rings. The molecule has 0 saturated carbocycles. The van der Waals surface area contributed by atoms with Crippen molar-refractivity contribution in [3.8, 4) is 5.75 Å². The summed E-state index contributed by atoms with van der Waals surface area (Å²) in [5.74, 6) is 1.93. The lowest BCUT2D eigenvalue weighted by Gasteiger charge is -2.26. The fourth-order valence-corrected chi connectivity index (χ4v) is 3.37. The van der Waals surface area contributed by atoms with Gasteiger partial charge < -0.3 is 20.3 Å². The first-order chi connectivity index (χ1) is 13.6. The highest BCUT2D eigenvalue weighted by Crippen LogP contribution is 2.18. The first-order valence-corrected chi connectivity index (χ1v) is 10.2. The molecule has 0 spiro atoms. The summed E-state index contributed by atoms with van der Waals surface area (Å²) in [6, 6.07) is 9.90. The molecule has 2 N–H and O–H groups in total. The smallest absolute Gasteiger partial charge is 0.239 e. The fraction of sp³-hybridized carbons (Fsp3) is 0.619. The predicted octanol–water partition coefficient (Wildman–Crippen LogP) is 2.18. The Bertz CT molecular complexity index is 612. The molecular formula is C21H36IN5O2. The molecular weight excluding hydrogens is 481 g/mol. The number of aliphatic imine (C=N–C) groups is 1. The number of benzene rings is 1. The zero-order valence-corrected chi connectivity index (χ0v) is 20.2. The molecule has 0 bridgehead atoms. The molecule has 0 aromatic heterocycles. The maximum atomic E-state index is 12.2. The summed E-state index contributed by atoms with van der Waals surface area (Å²) in [5, 5.41) is 6.66. The maximum absolute atomic E-state index is 12.2. The number of hydrogen-bond donors (Lipinski definition) is 2. The van der Waals surface area contributed by atoms with Crippen LogP contribution in [0.1, 0.15) is 25.7 Å². The van der Waals surface area contributed by atoms with E-state index in [0.29, 0.717) is 6.61 Å². The molecule has 0 aliphatic carbocycles. The third kappa shape index (κ3) is 9.20. The number of para-hydroxylation sites is 1. The second-order valence-corrected chi connectivity index (χ2v) is 7.22. The Hall–Kier alpha value is -1.55. The van der Waals surface area contributed by atoms with Crippen molar-refractivity contribution < 1.29 is 9.53 Å². The zero-order chi connectivity index (χ0) is 20.2. The van der Waals surface area contributed by atoms with Crippen molar-refractivity contribution in [1.29, 1.82) is 0 Å². The van der Waals surface area contributed by atoms with E-state index < -0.39 is 0 Å². The van der Waals surface area contributed by atoms with Crippen LogP contribution < -0.4 is 15.4 Å². The van der Waals surface area contributed by atoms with Gasteiger partial charge in [-0.25, -0.2) is 0 Å². The molecule has 1 fully saturated rings. The molecule has 0 radical (unpaired) electrons. The lowest BCUT2D eigenvalue weighted by molar-refractivity contribution is -0.133.